The van der Waals surface area contributed by atoms with E-state index in [4.69, 9.17) is 0 Å². The predicted molar refractivity (Wildman–Crippen MR) is 140 cm³/mol. The molecule has 2 heterocycles. The summed E-state index contributed by atoms with van der Waals surface area (Å²) in [7, 11) is 0. The number of carbonyl (C=O) groups is 2. The zero-order valence-electron chi connectivity index (χ0n) is 18.7. The number of carboxylic acid groups (broad SMARTS) is 1. The minimum atomic E-state index is -1.11. The van der Waals surface area contributed by atoms with Crippen molar-refractivity contribution in [3.8, 4) is 11.1 Å². The molecule has 0 saturated heterocycles. The molecule has 0 saturated carbocycles. The average molecular weight is 506 g/mol. The van der Waals surface area contributed by atoms with Crippen molar-refractivity contribution in [1.29, 1.82) is 0 Å². The van der Waals surface area contributed by atoms with Gasteiger partial charge >= 0.3 is 5.97 Å². The Hall–Kier alpha value is -3.69. The van der Waals surface area contributed by atoms with E-state index in [1.807, 2.05) is 66.0 Å². The molecule has 0 aliphatic carbocycles. The van der Waals surface area contributed by atoms with Crippen LogP contribution in [0.25, 0.3) is 21.3 Å². The van der Waals surface area contributed by atoms with Crippen molar-refractivity contribution < 1.29 is 14.7 Å². The third kappa shape index (κ3) is 5.70. The minimum absolute atomic E-state index is 0.0788. The zero-order valence-corrected chi connectivity index (χ0v) is 20.3. The third-order valence-corrected chi connectivity index (χ3v) is 7.15. The van der Waals surface area contributed by atoms with Crippen molar-refractivity contribution in [2.24, 2.45) is 0 Å². The Balaban J connectivity index is 1.55. The van der Waals surface area contributed by atoms with Crippen molar-refractivity contribution in [3.63, 3.8) is 0 Å². The van der Waals surface area contributed by atoms with Crippen molar-refractivity contribution >= 4 is 45.2 Å². The van der Waals surface area contributed by atoms with Crippen LogP contribution in [0.15, 0.2) is 88.6 Å². The van der Waals surface area contributed by atoms with Crippen LogP contribution in [0.5, 0.6) is 0 Å². The predicted octanol–water partition coefficient (Wildman–Crippen LogP) is 4.22. The lowest BCUT2D eigenvalue weighted by molar-refractivity contribution is -0.141. The van der Waals surface area contributed by atoms with Crippen molar-refractivity contribution in [3.05, 3.63) is 94.6 Å². The molecular weight excluding hydrogens is 482 g/mol. The molecule has 4 rings (SSSR count). The number of thioether (sulfide) groups is 1. The van der Waals surface area contributed by atoms with Gasteiger partial charge < -0.3 is 10.4 Å². The normalized spacial score (nSPS) is 11.8. The highest BCUT2D eigenvalue weighted by Crippen LogP contribution is 2.32. The molecule has 0 fully saturated rings. The number of nitrogens with one attached hydrogen (secondary N) is 1. The first-order chi connectivity index (χ1) is 17.0. The molecule has 7 nitrogen and oxygen atoms in total. The number of fused-ring (bicyclic) bond motifs is 1. The number of nitrogens with zero attached hydrogens (tertiary/aromatic N) is 2. The highest BCUT2D eigenvalue weighted by atomic mass is 32.2. The van der Waals surface area contributed by atoms with Gasteiger partial charge in [0.05, 0.1) is 11.1 Å². The number of aromatic nitrogens is 2. The van der Waals surface area contributed by atoms with Crippen LogP contribution in [-0.4, -0.2) is 38.3 Å². The van der Waals surface area contributed by atoms with Gasteiger partial charge in [-0.05, 0) is 11.1 Å². The Labute approximate surface area is 210 Å². The van der Waals surface area contributed by atoms with Gasteiger partial charge in [0.25, 0.3) is 5.56 Å². The van der Waals surface area contributed by atoms with Crippen molar-refractivity contribution in [1.82, 2.24) is 14.9 Å². The Bertz CT molecular complexity index is 1420. The second kappa shape index (κ2) is 11.2. The molecule has 0 aliphatic heterocycles. The number of amides is 1. The molecule has 9 heteroatoms. The maximum Gasteiger partial charge on any atom is 0.326 e. The number of rotatable bonds is 10. The summed E-state index contributed by atoms with van der Waals surface area (Å²) in [4.78, 5) is 42.9. The fourth-order valence-corrected chi connectivity index (χ4v) is 5.46. The van der Waals surface area contributed by atoms with Crippen LogP contribution in [-0.2, 0) is 22.6 Å². The molecule has 2 aromatic carbocycles. The number of hydrogen-bond acceptors (Lipinski definition) is 6. The Morgan fingerprint density at radius 3 is 2.49 bits per heavy atom. The van der Waals surface area contributed by atoms with Gasteiger partial charge in [-0.1, -0.05) is 78.5 Å². The quantitative estimate of drug-likeness (QED) is 0.190. The number of benzene rings is 2. The molecule has 0 spiro atoms. The summed E-state index contributed by atoms with van der Waals surface area (Å²) >= 11 is 2.47. The van der Waals surface area contributed by atoms with Crippen LogP contribution < -0.4 is 10.9 Å². The van der Waals surface area contributed by atoms with E-state index in [0.29, 0.717) is 15.4 Å². The molecule has 2 N–H and O–H groups in total. The molecule has 1 amide bonds. The summed E-state index contributed by atoms with van der Waals surface area (Å²) in [6.07, 6.45) is 1.78. The van der Waals surface area contributed by atoms with Crippen LogP contribution in [0.2, 0.25) is 0 Å². The summed E-state index contributed by atoms with van der Waals surface area (Å²) in [6, 6.07) is 17.7. The van der Waals surface area contributed by atoms with Crippen LogP contribution in [0, 0.1) is 0 Å². The van der Waals surface area contributed by atoms with Crippen LogP contribution >= 0.6 is 23.1 Å². The van der Waals surface area contributed by atoms with Crippen molar-refractivity contribution in [2.45, 2.75) is 24.2 Å². The highest BCUT2D eigenvalue weighted by Gasteiger charge is 2.22. The van der Waals surface area contributed by atoms with E-state index in [1.54, 1.807) is 6.08 Å². The second-order valence-corrected chi connectivity index (χ2v) is 9.53. The van der Waals surface area contributed by atoms with Gasteiger partial charge in [-0.15, -0.1) is 17.9 Å². The summed E-state index contributed by atoms with van der Waals surface area (Å²) < 4.78 is 1.49. The Morgan fingerprint density at radius 1 is 1.14 bits per heavy atom. The Kier molecular flexibility index (Phi) is 7.79. The first kappa shape index (κ1) is 24.4. The van der Waals surface area contributed by atoms with Gasteiger partial charge in [-0.2, -0.15) is 0 Å². The first-order valence-corrected chi connectivity index (χ1v) is 12.7. The molecule has 0 bridgehead atoms. The fourth-order valence-electron chi connectivity index (χ4n) is 3.65. The van der Waals surface area contributed by atoms with E-state index in [0.717, 1.165) is 28.5 Å². The van der Waals surface area contributed by atoms with E-state index in [9.17, 15) is 19.5 Å². The SMILES string of the molecule is C=CCn1c(SCC(=O)N[C@@H](Cc2ccccc2)C(=O)O)nc2scc(-c3ccccc3)c2c1=O. The number of carbonyl (C=O) groups excluding carboxylic acids is 1. The van der Waals surface area contributed by atoms with Crippen molar-refractivity contribution in [2.75, 3.05) is 5.75 Å². The van der Waals surface area contributed by atoms with Crippen LogP contribution in [0.3, 0.4) is 0 Å². The molecule has 4 aromatic rings. The van der Waals surface area contributed by atoms with E-state index in [-0.39, 0.29) is 24.3 Å². The van der Waals surface area contributed by atoms with Gasteiger partial charge in [0, 0.05) is 23.9 Å². The molecule has 2 aromatic heterocycles. The zero-order chi connectivity index (χ0) is 24.8. The maximum atomic E-state index is 13.4. The third-order valence-electron chi connectivity index (χ3n) is 5.30. The van der Waals surface area contributed by atoms with Gasteiger partial charge in [-0.25, -0.2) is 9.78 Å². The molecule has 0 radical (unpaired) electrons. The largest absolute Gasteiger partial charge is 0.480 e. The van der Waals surface area contributed by atoms with Gasteiger partial charge in [0.15, 0.2) is 5.16 Å². The van der Waals surface area contributed by atoms with E-state index in [1.165, 1.54) is 15.9 Å². The second-order valence-electron chi connectivity index (χ2n) is 7.73. The molecule has 35 heavy (non-hydrogen) atoms. The fraction of sp³-hybridized carbons (Fsp3) is 0.154. The molecule has 1 atom stereocenters. The summed E-state index contributed by atoms with van der Waals surface area (Å²) in [5.74, 6) is -1.64. The topological polar surface area (TPSA) is 101 Å². The Morgan fingerprint density at radius 2 is 1.83 bits per heavy atom. The van der Waals surface area contributed by atoms with Crippen LogP contribution in [0.1, 0.15) is 5.56 Å². The average Bonchev–Trinajstić information content (AvgIpc) is 3.30. The van der Waals surface area contributed by atoms with Crippen LogP contribution in [0.4, 0.5) is 0 Å². The van der Waals surface area contributed by atoms with E-state index in [2.05, 4.69) is 16.9 Å². The molecule has 0 aliphatic rings. The maximum absolute atomic E-state index is 13.4. The van der Waals surface area contributed by atoms with E-state index < -0.39 is 17.9 Å². The summed E-state index contributed by atoms with van der Waals surface area (Å²) in [5, 5.41) is 14.9. The summed E-state index contributed by atoms with van der Waals surface area (Å²) in [5.41, 5.74) is 2.36. The van der Waals surface area contributed by atoms with Gasteiger partial charge in [0.1, 0.15) is 10.9 Å². The van der Waals surface area contributed by atoms with E-state index >= 15 is 0 Å². The number of allylic oxidation sites excluding steroid dienone is 1. The number of carboxylic acids is 1. The molecule has 178 valence electrons. The number of hydrogen-bond donors (Lipinski definition) is 2. The minimum Gasteiger partial charge on any atom is -0.480 e. The standard InChI is InChI=1S/C26H23N3O4S2/c1-2-13-29-24(31)22-19(18-11-7-4-8-12-18)15-34-23(22)28-26(29)35-16-21(30)27-20(25(32)33)14-17-9-5-3-6-10-17/h2-12,15,20H,1,13-14,16H2,(H,27,30)(H,32,33)/t20-/m0/s1. The lowest BCUT2D eigenvalue weighted by atomic mass is 10.1. The lowest BCUT2D eigenvalue weighted by Crippen LogP contribution is -2.43. The lowest BCUT2D eigenvalue weighted by Gasteiger charge is -2.15. The number of aliphatic carboxylic acids is 1. The monoisotopic (exact) mass is 505 g/mol. The highest BCUT2D eigenvalue weighted by molar-refractivity contribution is 7.99. The summed E-state index contributed by atoms with van der Waals surface area (Å²) in [6.45, 7) is 3.98. The molecular formula is C26H23N3O4S2. The first-order valence-electron chi connectivity index (χ1n) is 10.8. The van der Waals surface area contributed by atoms with Gasteiger partial charge in [0.2, 0.25) is 5.91 Å². The van der Waals surface area contributed by atoms with Gasteiger partial charge in [-0.3, -0.25) is 14.2 Å². The number of thiophene rings is 1. The molecule has 0 unspecified atom stereocenters. The smallest absolute Gasteiger partial charge is 0.326 e.